The minimum Gasteiger partial charge on any atom is -0.311 e. The highest BCUT2D eigenvalue weighted by atomic mass is 35.5. The topological polar surface area (TPSA) is 29.9 Å². The van der Waals surface area contributed by atoms with Gasteiger partial charge in [0.2, 0.25) is 0 Å². The fourth-order valence-corrected chi connectivity index (χ4v) is 2.57. The second-order valence-electron chi connectivity index (χ2n) is 5.49. The highest BCUT2D eigenvalue weighted by Gasteiger charge is 2.24. The minimum absolute atomic E-state index is 0.223. The largest absolute Gasteiger partial charge is 0.311 e. The van der Waals surface area contributed by atoms with Crippen molar-refractivity contribution in [2.24, 2.45) is 5.41 Å². The van der Waals surface area contributed by atoms with E-state index in [4.69, 9.17) is 11.6 Å². The Morgan fingerprint density at radius 1 is 1.37 bits per heavy atom. The predicted molar refractivity (Wildman–Crippen MR) is 82.7 cm³/mol. The highest BCUT2D eigenvalue weighted by molar-refractivity contribution is 6.18. The maximum Gasteiger partial charge on any atom is 0.0762 e. The van der Waals surface area contributed by atoms with E-state index in [1.54, 1.807) is 0 Å². The van der Waals surface area contributed by atoms with Crippen LogP contribution in [0, 0.1) is 5.41 Å². The molecule has 4 heteroatoms. The molecule has 110 valence electrons. The summed E-state index contributed by atoms with van der Waals surface area (Å²) in [5, 5.41) is 8.10. The van der Waals surface area contributed by atoms with Crippen molar-refractivity contribution in [3.8, 4) is 0 Å². The van der Waals surface area contributed by atoms with Crippen molar-refractivity contribution < 1.29 is 0 Å². The fourth-order valence-electron chi connectivity index (χ4n) is 2.10. The molecule has 0 aliphatic rings. The van der Waals surface area contributed by atoms with Crippen LogP contribution in [0.15, 0.2) is 12.3 Å². The molecule has 1 atom stereocenters. The molecule has 0 aliphatic carbocycles. The van der Waals surface area contributed by atoms with Crippen molar-refractivity contribution in [3.05, 3.63) is 18.0 Å². The van der Waals surface area contributed by atoms with Gasteiger partial charge in [0.15, 0.2) is 0 Å². The lowest BCUT2D eigenvalue weighted by Crippen LogP contribution is -2.34. The molecule has 0 spiro atoms. The van der Waals surface area contributed by atoms with Gasteiger partial charge in [-0.15, -0.1) is 11.6 Å². The zero-order chi connectivity index (χ0) is 14.3. The maximum absolute atomic E-state index is 6.11. The molecular weight excluding hydrogens is 258 g/mol. The Labute approximate surface area is 122 Å². The van der Waals surface area contributed by atoms with Crippen molar-refractivity contribution in [1.82, 2.24) is 15.1 Å². The Morgan fingerprint density at radius 3 is 2.58 bits per heavy atom. The van der Waals surface area contributed by atoms with Crippen molar-refractivity contribution in [2.75, 3.05) is 12.4 Å². The third kappa shape index (κ3) is 4.50. The summed E-state index contributed by atoms with van der Waals surface area (Å²) in [6.07, 6.45) is 5.40. The van der Waals surface area contributed by atoms with Gasteiger partial charge in [0.05, 0.1) is 5.69 Å². The van der Waals surface area contributed by atoms with Gasteiger partial charge in [0, 0.05) is 31.2 Å². The summed E-state index contributed by atoms with van der Waals surface area (Å²) >= 11 is 6.11. The molecule has 1 rings (SSSR count). The van der Waals surface area contributed by atoms with E-state index in [0.717, 1.165) is 38.0 Å². The molecule has 1 heterocycles. The Bertz CT molecular complexity index is 350. The number of nitrogens with one attached hydrogen (secondary N) is 1. The lowest BCUT2D eigenvalue weighted by Gasteiger charge is -2.29. The van der Waals surface area contributed by atoms with Crippen molar-refractivity contribution in [3.63, 3.8) is 0 Å². The first-order valence-corrected chi connectivity index (χ1v) is 7.95. The first kappa shape index (κ1) is 16.5. The first-order chi connectivity index (χ1) is 9.10. The van der Waals surface area contributed by atoms with E-state index in [1.165, 1.54) is 0 Å². The number of aromatic nitrogens is 2. The molecule has 1 aromatic rings. The monoisotopic (exact) mass is 285 g/mol. The molecule has 0 bridgehead atoms. The molecule has 0 radical (unpaired) electrons. The van der Waals surface area contributed by atoms with E-state index in [2.05, 4.69) is 50.4 Å². The first-order valence-electron chi connectivity index (χ1n) is 7.41. The number of hydrogen-bond donors (Lipinski definition) is 1. The summed E-state index contributed by atoms with van der Waals surface area (Å²) in [7, 11) is 0. The maximum atomic E-state index is 6.11. The normalized spacial score (nSPS) is 13.7. The Kier molecular flexibility index (Phi) is 6.87. The van der Waals surface area contributed by atoms with Gasteiger partial charge >= 0.3 is 0 Å². The van der Waals surface area contributed by atoms with Crippen LogP contribution >= 0.6 is 11.6 Å². The van der Waals surface area contributed by atoms with E-state index in [0.29, 0.717) is 11.9 Å². The number of nitrogens with zero attached hydrogens (tertiary/aromatic N) is 2. The standard InChI is InChI=1S/C15H28ClN3/c1-5-13(4)19-9-8-14(18-19)10-17-12-15(6-2,7-3)11-16/h8-9,13,17H,5-7,10-12H2,1-4H3. The summed E-state index contributed by atoms with van der Waals surface area (Å²) in [6, 6.07) is 2.57. The van der Waals surface area contributed by atoms with Crippen LogP contribution in [-0.4, -0.2) is 22.2 Å². The summed E-state index contributed by atoms with van der Waals surface area (Å²) in [4.78, 5) is 0. The molecule has 0 aliphatic heterocycles. The second-order valence-corrected chi connectivity index (χ2v) is 5.76. The molecule has 1 unspecified atom stereocenters. The molecule has 3 nitrogen and oxygen atoms in total. The third-order valence-corrected chi connectivity index (χ3v) is 4.86. The highest BCUT2D eigenvalue weighted by Crippen LogP contribution is 2.26. The number of rotatable bonds is 9. The van der Waals surface area contributed by atoms with Gasteiger partial charge < -0.3 is 5.32 Å². The van der Waals surface area contributed by atoms with Crippen LogP contribution in [0.3, 0.4) is 0 Å². The quantitative estimate of drug-likeness (QED) is 0.695. The predicted octanol–water partition coefficient (Wildman–Crippen LogP) is 3.99. The van der Waals surface area contributed by atoms with Crippen molar-refractivity contribution in [2.45, 2.75) is 59.5 Å². The van der Waals surface area contributed by atoms with Crippen LogP contribution in [0.1, 0.15) is 58.7 Å². The van der Waals surface area contributed by atoms with E-state index >= 15 is 0 Å². The Morgan fingerprint density at radius 2 is 2.05 bits per heavy atom. The van der Waals surface area contributed by atoms with Crippen LogP contribution in [0.4, 0.5) is 0 Å². The molecule has 0 amide bonds. The molecule has 0 saturated carbocycles. The SMILES string of the molecule is CCC(C)n1ccc(CNCC(CC)(CC)CCl)n1. The molecule has 19 heavy (non-hydrogen) atoms. The Balaban J connectivity index is 2.46. The number of halogens is 1. The zero-order valence-corrected chi connectivity index (χ0v) is 13.5. The molecule has 1 N–H and O–H groups in total. The van der Waals surface area contributed by atoms with Gasteiger partial charge in [0.25, 0.3) is 0 Å². The van der Waals surface area contributed by atoms with E-state index in [9.17, 15) is 0 Å². The third-order valence-electron chi connectivity index (χ3n) is 4.30. The zero-order valence-electron chi connectivity index (χ0n) is 12.7. The lowest BCUT2D eigenvalue weighted by molar-refractivity contribution is 0.285. The minimum atomic E-state index is 0.223. The van der Waals surface area contributed by atoms with Gasteiger partial charge in [-0.1, -0.05) is 20.8 Å². The average molecular weight is 286 g/mol. The lowest BCUT2D eigenvalue weighted by atomic mass is 9.84. The van der Waals surface area contributed by atoms with Crippen LogP contribution in [0.5, 0.6) is 0 Å². The van der Waals surface area contributed by atoms with E-state index < -0.39 is 0 Å². The summed E-state index contributed by atoms with van der Waals surface area (Å²) in [5.74, 6) is 0.717. The van der Waals surface area contributed by atoms with Crippen LogP contribution in [0.25, 0.3) is 0 Å². The number of alkyl halides is 1. The van der Waals surface area contributed by atoms with Gasteiger partial charge in [-0.3, -0.25) is 4.68 Å². The molecule has 1 aromatic heterocycles. The Hall–Kier alpha value is -0.540. The van der Waals surface area contributed by atoms with Crippen LogP contribution in [0.2, 0.25) is 0 Å². The van der Waals surface area contributed by atoms with Crippen LogP contribution in [-0.2, 0) is 6.54 Å². The van der Waals surface area contributed by atoms with Crippen molar-refractivity contribution >= 4 is 11.6 Å². The van der Waals surface area contributed by atoms with E-state index in [-0.39, 0.29) is 5.41 Å². The van der Waals surface area contributed by atoms with Crippen molar-refractivity contribution in [1.29, 1.82) is 0 Å². The smallest absolute Gasteiger partial charge is 0.0762 e. The summed E-state index contributed by atoms with van der Waals surface area (Å²) in [5.41, 5.74) is 1.33. The van der Waals surface area contributed by atoms with Gasteiger partial charge in [0.1, 0.15) is 0 Å². The second kappa shape index (κ2) is 7.91. The fraction of sp³-hybridized carbons (Fsp3) is 0.800. The molecule has 0 aromatic carbocycles. The average Bonchev–Trinajstić information content (AvgIpc) is 2.92. The van der Waals surface area contributed by atoms with Gasteiger partial charge in [-0.25, -0.2) is 0 Å². The summed E-state index contributed by atoms with van der Waals surface area (Å²) in [6.45, 7) is 10.6. The molecule has 0 fully saturated rings. The number of hydrogen-bond acceptors (Lipinski definition) is 2. The van der Waals surface area contributed by atoms with Gasteiger partial charge in [-0.05, 0) is 37.7 Å². The van der Waals surface area contributed by atoms with E-state index in [1.807, 2.05) is 4.68 Å². The summed E-state index contributed by atoms with van der Waals surface area (Å²) < 4.78 is 2.05. The van der Waals surface area contributed by atoms with Gasteiger partial charge in [-0.2, -0.15) is 5.10 Å². The molecular formula is C15H28ClN3. The van der Waals surface area contributed by atoms with Crippen LogP contribution < -0.4 is 5.32 Å². The molecule has 0 saturated heterocycles.